The summed E-state index contributed by atoms with van der Waals surface area (Å²) in [5, 5.41) is 8.16. The van der Waals surface area contributed by atoms with Gasteiger partial charge in [-0.2, -0.15) is 5.26 Å². The van der Waals surface area contributed by atoms with E-state index in [-0.39, 0.29) is 11.8 Å². The molecule has 0 aromatic heterocycles. The fraction of sp³-hybridized carbons (Fsp3) is 0.875. The standard InChI is InChI=1S/C8H14O5.H2O/c1-5-3-6(8(9)13-10)12-7(4-5)11-2;/h5-7,10H,3-4H2,1-2H3;1H2. The molecule has 3 atom stereocenters. The number of rotatable bonds is 2. The minimum Gasteiger partial charge on any atom is -0.412 e. The van der Waals surface area contributed by atoms with Crippen LogP contribution in [0.5, 0.6) is 0 Å². The quantitative estimate of drug-likeness (QED) is 0.507. The van der Waals surface area contributed by atoms with Crippen molar-refractivity contribution >= 4 is 5.97 Å². The molecule has 3 N–H and O–H groups in total. The highest BCUT2D eigenvalue weighted by molar-refractivity contribution is 5.74. The summed E-state index contributed by atoms with van der Waals surface area (Å²) >= 11 is 0. The van der Waals surface area contributed by atoms with Crippen molar-refractivity contribution in [1.82, 2.24) is 0 Å². The van der Waals surface area contributed by atoms with Crippen LogP contribution in [0.1, 0.15) is 19.8 Å². The van der Waals surface area contributed by atoms with Gasteiger partial charge in [0.25, 0.3) is 0 Å². The normalized spacial score (nSPS) is 31.8. The van der Waals surface area contributed by atoms with Gasteiger partial charge in [0, 0.05) is 13.5 Å². The van der Waals surface area contributed by atoms with E-state index in [9.17, 15) is 4.79 Å². The summed E-state index contributed by atoms with van der Waals surface area (Å²) in [5.74, 6) is -0.434. The summed E-state index contributed by atoms with van der Waals surface area (Å²) in [7, 11) is 1.52. The Labute approximate surface area is 82.0 Å². The van der Waals surface area contributed by atoms with Crippen molar-refractivity contribution in [3.8, 4) is 0 Å². The summed E-state index contributed by atoms with van der Waals surface area (Å²) in [6, 6.07) is 0. The van der Waals surface area contributed by atoms with Crippen LogP contribution in [0.15, 0.2) is 0 Å². The van der Waals surface area contributed by atoms with Gasteiger partial charge in [-0.15, -0.1) is 0 Å². The molecular weight excluding hydrogens is 192 g/mol. The lowest BCUT2D eigenvalue weighted by molar-refractivity contribution is -0.262. The minimum atomic E-state index is -0.756. The van der Waals surface area contributed by atoms with Gasteiger partial charge in [0.15, 0.2) is 12.4 Å². The smallest absolute Gasteiger partial charge is 0.370 e. The van der Waals surface area contributed by atoms with Crippen LogP contribution in [0, 0.1) is 5.92 Å². The van der Waals surface area contributed by atoms with Crippen molar-refractivity contribution in [1.29, 1.82) is 0 Å². The van der Waals surface area contributed by atoms with E-state index in [4.69, 9.17) is 14.7 Å². The van der Waals surface area contributed by atoms with Gasteiger partial charge in [0.1, 0.15) is 0 Å². The van der Waals surface area contributed by atoms with Crippen molar-refractivity contribution in [2.45, 2.75) is 32.2 Å². The topological polar surface area (TPSA) is 96.5 Å². The molecule has 1 fully saturated rings. The predicted octanol–water partition coefficient (Wildman–Crippen LogP) is -0.0345. The molecule has 0 aromatic carbocycles. The molecule has 3 unspecified atom stereocenters. The second-order valence-corrected chi connectivity index (χ2v) is 3.28. The Hall–Kier alpha value is -0.690. The molecule has 1 rings (SSSR count). The van der Waals surface area contributed by atoms with Crippen LogP contribution in [0.4, 0.5) is 0 Å². The zero-order valence-corrected chi connectivity index (χ0v) is 8.23. The minimum absolute atomic E-state index is 0. The Balaban J connectivity index is 0.00000169. The summed E-state index contributed by atoms with van der Waals surface area (Å²) in [4.78, 5) is 14.5. The first kappa shape index (κ1) is 13.3. The Morgan fingerprint density at radius 2 is 2.14 bits per heavy atom. The Morgan fingerprint density at radius 3 is 2.64 bits per heavy atom. The third kappa shape index (κ3) is 3.22. The fourth-order valence-corrected chi connectivity index (χ4v) is 1.45. The lowest BCUT2D eigenvalue weighted by Crippen LogP contribution is -2.38. The van der Waals surface area contributed by atoms with Crippen molar-refractivity contribution in [2.75, 3.05) is 7.11 Å². The van der Waals surface area contributed by atoms with E-state index in [1.807, 2.05) is 6.92 Å². The lowest BCUT2D eigenvalue weighted by Gasteiger charge is -2.30. The predicted molar refractivity (Wildman–Crippen MR) is 46.4 cm³/mol. The molecule has 0 spiro atoms. The molecule has 0 aliphatic carbocycles. The van der Waals surface area contributed by atoms with Gasteiger partial charge >= 0.3 is 5.97 Å². The van der Waals surface area contributed by atoms with Crippen molar-refractivity contribution < 1.29 is 29.9 Å². The van der Waals surface area contributed by atoms with E-state index >= 15 is 0 Å². The van der Waals surface area contributed by atoms with E-state index < -0.39 is 12.1 Å². The van der Waals surface area contributed by atoms with Gasteiger partial charge in [0.2, 0.25) is 0 Å². The van der Waals surface area contributed by atoms with Crippen LogP contribution in [-0.4, -0.2) is 36.2 Å². The van der Waals surface area contributed by atoms with Gasteiger partial charge in [-0.05, 0) is 12.3 Å². The van der Waals surface area contributed by atoms with E-state index in [1.165, 1.54) is 7.11 Å². The van der Waals surface area contributed by atoms with Crippen molar-refractivity contribution in [3.63, 3.8) is 0 Å². The molecule has 0 radical (unpaired) electrons. The van der Waals surface area contributed by atoms with Crippen molar-refractivity contribution in [3.05, 3.63) is 0 Å². The Bertz CT molecular complexity index is 183. The average molecular weight is 208 g/mol. The molecule has 6 heteroatoms. The summed E-state index contributed by atoms with van der Waals surface area (Å²) in [6.45, 7) is 1.99. The maximum atomic E-state index is 10.9. The highest BCUT2D eigenvalue weighted by atomic mass is 17.1. The largest absolute Gasteiger partial charge is 0.412 e. The van der Waals surface area contributed by atoms with Gasteiger partial charge in [-0.3, -0.25) is 4.89 Å². The van der Waals surface area contributed by atoms with Crippen LogP contribution in [-0.2, 0) is 19.2 Å². The monoisotopic (exact) mass is 208 g/mol. The first-order chi connectivity index (χ1) is 6.17. The first-order valence-corrected chi connectivity index (χ1v) is 4.21. The maximum Gasteiger partial charge on any atom is 0.370 e. The van der Waals surface area contributed by atoms with E-state index in [2.05, 4.69) is 4.89 Å². The molecule has 1 aliphatic heterocycles. The molecule has 14 heavy (non-hydrogen) atoms. The van der Waals surface area contributed by atoms with E-state index in [0.29, 0.717) is 12.3 Å². The zero-order valence-electron chi connectivity index (χ0n) is 8.23. The molecule has 0 aromatic rings. The van der Waals surface area contributed by atoms with Crippen LogP contribution < -0.4 is 0 Å². The molecule has 0 saturated carbocycles. The third-order valence-electron chi connectivity index (χ3n) is 2.14. The summed E-state index contributed by atoms with van der Waals surface area (Å²) in [6.07, 6.45) is 0.219. The van der Waals surface area contributed by atoms with Gasteiger partial charge in [-0.25, -0.2) is 4.79 Å². The van der Waals surface area contributed by atoms with E-state index in [0.717, 1.165) is 6.42 Å². The number of ether oxygens (including phenoxy) is 2. The van der Waals surface area contributed by atoms with Crippen LogP contribution in [0.25, 0.3) is 0 Å². The van der Waals surface area contributed by atoms with Gasteiger partial charge in [0.05, 0.1) is 0 Å². The molecule has 84 valence electrons. The molecule has 1 aliphatic rings. The number of hydrogen-bond donors (Lipinski definition) is 1. The van der Waals surface area contributed by atoms with Crippen molar-refractivity contribution in [2.24, 2.45) is 5.92 Å². The van der Waals surface area contributed by atoms with Crippen LogP contribution >= 0.6 is 0 Å². The van der Waals surface area contributed by atoms with Gasteiger partial charge in [-0.1, -0.05) is 6.92 Å². The third-order valence-corrected chi connectivity index (χ3v) is 2.14. The second-order valence-electron chi connectivity index (χ2n) is 3.28. The number of methoxy groups -OCH3 is 1. The molecule has 0 amide bonds. The molecular formula is C8H16O6. The van der Waals surface area contributed by atoms with Crippen LogP contribution in [0.2, 0.25) is 0 Å². The number of carbonyl (C=O) groups excluding carboxylic acids is 1. The van der Waals surface area contributed by atoms with E-state index in [1.54, 1.807) is 0 Å². The molecule has 0 bridgehead atoms. The number of carbonyl (C=O) groups is 1. The first-order valence-electron chi connectivity index (χ1n) is 4.21. The highest BCUT2D eigenvalue weighted by Gasteiger charge is 2.33. The molecule has 1 saturated heterocycles. The molecule has 1 heterocycles. The Morgan fingerprint density at radius 1 is 1.50 bits per heavy atom. The SMILES string of the molecule is COC1CC(C)CC(C(=O)OO)O1.O. The Kier molecular flexibility index (Phi) is 5.63. The van der Waals surface area contributed by atoms with Gasteiger partial charge < -0.3 is 14.9 Å². The number of hydrogen-bond acceptors (Lipinski definition) is 5. The maximum absolute atomic E-state index is 10.9. The zero-order chi connectivity index (χ0) is 9.84. The highest BCUT2D eigenvalue weighted by Crippen LogP contribution is 2.25. The summed E-state index contributed by atoms with van der Waals surface area (Å²) < 4.78 is 10.2. The second kappa shape index (κ2) is 5.92. The fourth-order valence-electron chi connectivity index (χ4n) is 1.45. The summed E-state index contributed by atoms with van der Waals surface area (Å²) in [5.41, 5.74) is 0. The molecule has 6 nitrogen and oxygen atoms in total. The van der Waals surface area contributed by atoms with Crippen LogP contribution in [0.3, 0.4) is 0 Å². The average Bonchev–Trinajstić information content (AvgIpc) is 2.15. The lowest BCUT2D eigenvalue weighted by atomic mass is 9.97.